The second-order valence-electron chi connectivity index (χ2n) is 7.18. The van der Waals surface area contributed by atoms with Gasteiger partial charge in [-0.15, -0.1) is 0 Å². The molecule has 27 heavy (non-hydrogen) atoms. The molecule has 140 valence electrons. The van der Waals surface area contributed by atoms with E-state index in [2.05, 4.69) is 0 Å². The van der Waals surface area contributed by atoms with Crippen LogP contribution in [-0.2, 0) is 20.8 Å². The first-order valence-electron chi connectivity index (χ1n) is 8.46. The van der Waals surface area contributed by atoms with Crippen molar-refractivity contribution in [2.75, 3.05) is 0 Å². The van der Waals surface area contributed by atoms with Crippen LogP contribution in [0.5, 0.6) is 5.75 Å². The van der Waals surface area contributed by atoms with Crippen LogP contribution in [0.25, 0.3) is 5.76 Å². The van der Waals surface area contributed by atoms with Gasteiger partial charge in [-0.05, 0) is 58.9 Å². The summed E-state index contributed by atoms with van der Waals surface area (Å²) in [7, 11) is 0. The van der Waals surface area contributed by atoms with Crippen molar-refractivity contribution in [1.82, 2.24) is 0 Å². The van der Waals surface area contributed by atoms with Gasteiger partial charge in [0.1, 0.15) is 22.8 Å². The van der Waals surface area contributed by atoms with Crippen LogP contribution in [0.2, 0.25) is 0 Å². The van der Waals surface area contributed by atoms with Crippen LogP contribution in [0.1, 0.15) is 24.0 Å². The molecule has 1 aromatic rings. The number of phenols is 1. The van der Waals surface area contributed by atoms with Crippen LogP contribution in [0, 0.1) is 21.3 Å². The van der Waals surface area contributed by atoms with Crippen LogP contribution < -0.4 is 5.73 Å². The highest BCUT2D eigenvalue weighted by Gasteiger charge is 2.50. The Balaban J connectivity index is 1.88. The monoisotopic (exact) mass is 481 g/mol. The van der Waals surface area contributed by atoms with E-state index in [9.17, 15) is 29.7 Å². The molecule has 4 rings (SSSR count). The average Bonchev–Trinajstić information content (AvgIpc) is 2.57. The van der Waals surface area contributed by atoms with E-state index in [1.54, 1.807) is 12.1 Å². The van der Waals surface area contributed by atoms with Gasteiger partial charge in [-0.3, -0.25) is 14.4 Å². The Kier molecular flexibility index (Phi) is 4.06. The fourth-order valence-electron chi connectivity index (χ4n) is 4.59. The van der Waals surface area contributed by atoms with Crippen molar-refractivity contribution >= 4 is 45.8 Å². The number of phenolic OH excluding ortho intramolecular Hbond substituents is 1. The van der Waals surface area contributed by atoms with Crippen LogP contribution >= 0.6 is 22.6 Å². The Bertz CT molecular complexity index is 992. The van der Waals surface area contributed by atoms with Gasteiger partial charge in [0.05, 0.1) is 15.1 Å². The molecule has 8 heteroatoms. The van der Waals surface area contributed by atoms with Crippen molar-refractivity contribution < 1.29 is 29.7 Å². The Morgan fingerprint density at radius 2 is 1.85 bits per heavy atom. The maximum absolute atomic E-state index is 13.1. The molecule has 5 N–H and O–H groups in total. The summed E-state index contributed by atoms with van der Waals surface area (Å²) in [6.45, 7) is 0. The number of aliphatic hydroxyl groups is 2. The molecule has 0 bridgehead atoms. The molecule has 0 heterocycles. The number of carbonyl (C=O) groups excluding carboxylic acids is 3. The van der Waals surface area contributed by atoms with Crippen molar-refractivity contribution in [3.63, 3.8) is 0 Å². The lowest BCUT2D eigenvalue weighted by molar-refractivity contribution is -0.127. The topological polar surface area (TPSA) is 138 Å². The number of nitrogens with two attached hydrogens (primary N) is 1. The van der Waals surface area contributed by atoms with E-state index in [4.69, 9.17) is 5.73 Å². The summed E-state index contributed by atoms with van der Waals surface area (Å²) in [6, 6.07) is 3.53. The van der Waals surface area contributed by atoms with Gasteiger partial charge in [-0.1, -0.05) is 6.07 Å². The fourth-order valence-corrected chi connectivity index (χ4v) is 5.04. The Morgan fingerprint density at radius 1 is 1.15 bits per heavy atom. The molecule has 0 aliphatic heterocycles. The van der Waals surface area contributed by atoms with Crippen molar-refractivity contribution in [2.45, 2.75) is 19.3 Å². The van der Waals surface area contributed by atoms with Crippen LogP contribution in [0.15, 0.2) is 29.0 Å². The number of carbonyl (C=O) groups is 3. The molecular weight excluding hydrogens is 465 g/mol. The molecule has 1 amide bonds. The number of fused-ring (bicyclic) bond motifs is 3. The Hall–Kier alpha value is -2.36. The summed E-state index contributed by atoms with van der Waals surface area (Å²) in [4.78, 5) is 36.9. The van der Waals surface area contributed by atoms with Crippen LogP contribution in [0.3, 0.4) is 0 Å². The predicted molar refractivity (Wildman–Crippen MR) is 103 cm³/mol. The van der Waals surface area contributed by atoms with Crippen LogP contribution in [-0.4, -0.2) is 32.8 Å². The standard InChI is InChI=1S/C19H16INO6/c20-9-2-1-6-3-7-4-8-5-10(22)14(19(21)27)18(26)13(8)17(25)12(7)16(24)11(6)15(9)23/h1-2,7-8,13,23-24,26H,3-5H2,(H2,21,27). The summed E-state index contributed by atoms with van der Waals surface area (Å²) in [5, 5.41) is 31.6. The number of aliphatic hydroxyl groups excluding tert-OH is 2. The van der Waals surface area contributed by atoms with Gasteiger partial charge in [-0.25, -0.2) is 0 Å². The first-order chi connectivity index (χ1) is 12.7. The first kappa shape index (κ1) is 18.0. The van der Waals surface area contributed by atoms with E-state index in [-0.39, 0.29) is 35.0 Å². The Morgan fingerprint density at radius 3 is 2.52 bits per heavy atom. The van der Waals surface area contributed by atoms with E-state index in [1.165, 1.54) is 0 Å². The van der Waals surface area contributed by atoms with Crippen molar-refractivity contribution in [1.29, 1.82) is 0 Å². The van der Waals surface area contributed by atoms with E-state index >= 15 is 0 Å². The summed E-state index contributed by atoms with van der Waals surface area (Å²) in [6.07, 6.45) is 0.799. The SMILES string of the molecule is NC(=O)C1=C(O)C2C(=O)C3=C(O)c4c(ccc(I)c4O)CC3CC2CC1=O. The number of hydrogen-bond donors (Lipinski definition) is 4. The quantitative estimate of drug-likeness (QED) is 0.357. The molecule has 3 aliphatic carbocycles. The second kappa shape index (κ2) is 6.08. The summed E-state index contributed by atoms with van der Waals surface area (Å²) >= 11 is 1.93. The normalized spacial score (nSPS) is 27.2. The van der Waals surface area contributed by atoms with E-state index in [0.29, 0.717) is 16.4 Å². The van der Waals surface area contributed by atoms with E-state index in [0.717, 1.165) is 5.56 Å². The third-order valence-electron chi connectivity index (χ3n) is 5.71. The number of aromatic hydroxyl groups is 1. The molecule has 0 radical (unpaired) electrons. The van der Waals surface area contributed by atoms with Crippen molar-refractivity contribution in [2.24, 2.45) is 23.5 Å². The molecule has 1 saturated carbocycles. The first-order valence-corrected chi connectivity index (χ1v) is 9.54. The molecule has 1 aromatic carbocycles. The van der Waals surface area contributed by atoms with Gasteiger partial charge >= 0.3 is 0 Å². The summed E-state index contributed by atoms with van der Waals surface area (Å²) in [5.41, 5.74) is 5.74. The number of halogens is 1. The maximum atomic E-state index is 13.1. The Labute approximate surface area is 167 Å². The third-order valence-corrected chi connectivity index (χ3v) is 6.58. The number of primary amides is 1. The number of hydrogen-bond acceptors (Lipinski definition) is 6. The number of benzene rings is 1. The van der Waals surface area contributed by atoms with Gasteiger partial charge in [0.25, 0.3) is 5.91 Å². The zero-order chi connectivity index (χ0) is 19.6. The lowest BCUT2D eigenvalue weighted by atomic mass is 9.61. The highest BCUT2D eigenvalue weighted by atomic mass is 127. The van der Waals surface area contributed by atoms with Gasteiger partial charge in [0.15, 0.2) is 11.6 Å². The van der Waals surface area contributed by atoms with Gasteiger partial charge in [-0.2, -0.15) is 0 Å². The molecule has 3 aliphatic rings. The molecule has 7 nitrogen and oxygen atoms in total. The number of amides is 1. The minimum absolute atomic E-state index is 0.0475. The lowest BCUT2D eigenvalue weighted by Crippen LogP contribution is -2.44. The minimum atomic E-state index is -1.08. The number of allylic oxidation sites excluding steroid dienone is 2. The molecule has 1 fully saturated rings. The summed E-state index contributed by atoms with van der Waals surface area (Å²) < 4.78 is 0.542. The zero-order valence-corrected chi connectivity index (χ0v) is 16.2. The van der Waals surface area contributed by atoms with E-state index in [1.807, 2.05) is 22.6 Å². The zero-order valence-electron chi connectivity index (χ0n) is 14.0. The second-order valence-corrected chi connectivity index (χ2v) is 8.35. The molecule has 0 aromatic heterocycles. The minimum Gasteiger partial charge on any atom is -0.511 e. The maximum Gasteiger partial charge on any atom is 0.255 e. The molecule has 3 atom stereocenters. The third kappa shape index (κ3) is 2.49. The van der Waals surface area contributed by atoms with E-state index < -0.39 is 40.6 Å². The molecule has 0 saturated heterocycles. The van der Waals surface area contributed by atoms with Gasteiger partial charge in [0.2, 0.25) is 0 Å². The highest BCUT2D eigenvalue weighted by Crippen LogP contribution is 2.50. The van der Waals surface area contributed by atoms with Crippen molar-refractivity contribution in [3.05, 3.63) is 43.7 Å². The largest absolute Gasteiger partial charge is 0.511 e. The smallest absolute Gasteiger partial charge is 0.255 e. The number of ketones is 2. The number of rotatable bonds is 1. The fraction of sp³-hybridized carbons (Fsp3) is 0.316. The van der Waals surface area contributed by atoms with Crippen LogP contribution in [0.4, 0.5) is 0 Å². The van der Waals surface area contributed by atoms with Gasteiger partial charge < -0.3 is 21.1 Å². The molecule has 3 unspecified atom stereocenters. The highest BCUT2D eigenvalue weighted by molar-refractivity contribution is 14.1. The van der Waals surface area contributed by atoms with Crippen molar-refractivity contribution in [3.8, 4) is 5.75 Å². The predicted octanol–water partition coefficient (Wildman–Crippen LogP) is 1.91. The molecular formula is C19H16INO6. The lowest BCUT2D eigenvalue weighted by Gasteiger charge is -2.41. The molecule has 0 spiro atoms. The number of Topliss-reactive ketones (excluding diaryl/α,β-unsaturated/α-hetero) is 2. The average molecular weight is 481 g/mol. The van der Waals surface area contributed by atoms with Gasteiger partial charge in [0, 0.05) is 12.0 Å². The summed E-state index contributed by atoms with van der Waals surface area (Å²) in [5.74, 6) is -5.00.